The normalized spacial score (nSPS) is 14.0. The number of methoxy groups -OCH3 is 1. The zero-order chi connectivity index (χ0) is 17.9. The molecule has 0 fully saturated rings. The van der Waals surface area contributed by atoms with Gasteiger partial charge in [-0.05, 0) is 6.07 Å². The third-order valence-electron chi connectivity index (χ3n) is 4.31. The molecule has 26 heavy (non-hydrogen) atoms. The van der Waals surface area contributed by atoms with Gasteiger partial charge in [-0.15, -0.1) is 10.2 Å². The van der Waals surface area contributed by atoms with Crippen molar-refractivity contribution in [2.45, 2.75) is 19.5 Å². The largest absolute Gasteiger partial charge is 0.494 e. The van der Waals surface area contributed by atoms with Crippen LogP contribution in [0.3, 0.4) is 0 Å². The minimum atomic E-state index is -0.194. The first-order valence-electron chi connectivity index (χ1n) is 8.28. The maximum absolute atomic E-state index is 12.7. The summed E-state index contributed by atoms with van der Waals surface area (Å²) in [6.07, 6.45) is 7.24. The fraction of sp³-hybridized carbons (Fsp3) is 0.375. The molecule has 0 saturated heterocycles. The van der Waals surface area contributed by atoms with Crippen molar-refractivity contribution in [3.63, 3.8) is 0 Å². The van der Waals surface area contributed by atoms with Gasteiger partial charge in [0.25, 0.3) is 5.91 Å². The van der Waals surface area contributed by atoms with E-state index < -0.39 is 0 Å². The highest BCUT2D eigenvalue weighted by molar-refractivity contribution is 5.90. The smallest absolute Gasteiger partial charge is 0.291 e. The molecule has 0 spiro atoms. The van der Waals surface area contributed by atoms with Crippen LogP contribution in [0.1, 0.15) is 22.3 Å². The molecule has 10 heteroatoms. The van der Waals surface area contributed by atoms with Gasteiger partial charge in [-0.25, -0.2) is 9.97 Å². The zero-order valence-electron chi connectivity index (χ0n) is 14.3. The zero-order valence-corrected chi connectivity index (χ0v) is 14.3. The van der Waals surface area contributed by atoms with Crippen molar-refractivity contribution in [3.05, 3.63) is 48.3 Å². The molecule has 0 saturated carbocycles. The third-order valence-corrected chi connectivity index (χ3v) is 4.31. The van der Waals surface area contributed by atoms with Gasteiger partial charge in [0, 0.05) is 38.4 Å². The number of ether oxygens (including phenoxy) is 1. The van der Waals surface area contributed by atoms with E-state index in [-0.39, 0.29) is 11.7 Å². The maximum Gasteiger partial charge on any atom is 0.291 e. The molecule has 0 atom stereocenters. The monoisotopic (exact) mass is 354 g/mol. The summed E-state index contributed by atoms with van der Waals surface area (Å²) >= 11 is 0. The Morgan fingerprint density at radius 2 is 2.04 bits per heavy atom. The molecule has 0 aromatic carbocycles. The quantitative estimate of drug-likeness (QED) is 0.650. The molecular formula is C16H18N8O2. The molecule has 0 aliphatic carbocycles. The number of aromatic nitrogens is 7. The van der Waals surface area contributed by atoms with Gasteiger partial charge in [0.2, 0.25) is 5.82 Å². The molecule has 134 valence electrons. The Hall–Kier alpha value is -3.30. The second kappa shape index (κ2) is 6.90. The van der Waals surface area contributed by atoms with E-state index in [1.165, 1.54) is 19.5 Å². The van der Waals surface area contributed by atoms with E-state index in [1.54, 1.807) is 15.8 Å². The summed E-state index contributed by atoms with van der Waals surface area (Å²) in [5, 5.41) is 12.7. The average Bonchev–Trinajstić information content (AvgIpc) is 3.27. The standard InChI is InChI=1S/C16H18N8O2/c1-26-12-9-17-15(18-10-12)16(25)22-6-3-13-20-21-14(24(13)8-7-22)11-23-5-2-4-19-23/h2,4-5,9-10H,3,6-8,11H2,1H3. The van der Waals surface area contributed by atoms with Gasteiger partial charge >= 0.3 is 0 Å². The van der Waals surface area contributed by atoms with E-state index >= 15 is 0 Å². The summed E-state index contributed by atoms with van der Waals surface area (Å²) in [5.41, 5.74) is 0. The minimum Gasteiger partial charge on any atom is -0.494 e. The summed E-state index contributed by atoms with van der Waals surface area (Å²) < 4.78 is 8.89. The Morgan fingerprint density at radius 1 is 1.19 bits per heavy atom. The first-order valence-corrected chi connectivity index (χ1v) is 8.28. The van der Waals surface area contributed by atoms with Crippen LogP contribution in [0, 0.1) is 0 Å². The molecule has 4 heterocycles. The highest BCUT2D eigenvalue weighted by atomic mass is 16.5. The molecule has 0 bridgehead atoms. The van der Waals surface area contributed by atoms with Crippen molar-refractivity contribution in [1.82, 2.24) is 39.4 Å². The third kappa shape index (κ3) is 3.13. The van der Waals surface area contributed by atoms with E-state index in [0.717, 1.165) is 11.6 Å². The van der Waals surface area contributed by atoms with Crippen molar-refractivity contribution in [1.29, 1.82) is 0 Å². The molecular weight excluding hydrogens is 336 g/mol. The Labute approximate surface area is 149 Å². The van der Waals surface area contributed by atoms with Gasteiger partial charge in [-0.3, -0.25) is 9.48 Å². The molecule has 0 unspecified atom stereocenters. The topological polar surface area (TPSA) is 104 Å². The molecule has 3 aromatic heterocycles. The summed E-state index contributed by atoms with van der Waals surface area (Å²) in [5.74, 6) is 2.20. The van der Waals surface area contributed by atoms with Crippen molar-refractivity contribution < 1.29 is 9.53 Å². The molecule has 4 rings (SSSR count). The van der Waals surface area contributed by atoms with E-state index in [1.807, 2.05) is 12.3 Å². The summed E-state index contributed by atoms with van der Waals surface area (Å²) in [4.78, 5) is 22.6. The lowest BCUT2D eigenvalue weighted by Crippen LogP contribution is -2.35. The number of hydrogen-bond acceptors (Lipinski definition) is 7. The van der Waals surface area contributed by atoms with Gasteiger partial charge in [0.1, 0.15) is 12.4 Å². The van der Waals surface area contributed by atoms with Crippen molar-refractivity contribution in [2.75, 3.05) is 20.2 Å². The van der Waals surface area contributed by atoms with Gasteiger partial charge in [-0.2, -0.15) is 5.10 Å². The van der Waals surface area contributed by atoms with Crippen LogP contribution < -0.4 is 4.74 Å². The lowest BCUT2D eigenvalue weighted by Gasteiger charge is -2.19. The van der Waals surface area contributed by atoms with Crippen LogP contribution in [0.25, 0.3) is 0 Å². The van der Waals surface area contributed by atoms with Gasteiger partial charge < -0.3 is 14.2 Å². The number of fused-ring (bicyclic) bond motifs is 1. The van der Waals surface area contributed by atoms with E-state index in [9.17, 15) is 4.79 Å². The summed E-state index contributed by atoms with van der Waals surface area (Å²) in [6, 6.07) is 1.87. The average molecular weight is 354 g/mol. The Bertz CT molecular complexity index is 888. The highest BCUT2D eigenvalue weighted by Crippen LogP contribution is 2.13. The van der Waals surface area contributed by atoms with Gasteiger partial charge in [-0.1, -0.05) is 0 Å². The van der Waals surface area contributed by atoms with E-state index in [2.05, 4.69) is 29.8 Å². The number of rotatable bonds is 4. The summed E-state index contributed by atoms with van der Waals surface area (Å²) in [7, 11) is 1.53. The number of nitrogens with zero attached hydrogens (tertiary/aromatic N) is 8. The SMILES string of the molecule is COc1cnc(C(=O)N2CCc3nnc(Cn4cccn4)n3CC2)nc1. The highest BCUT2D eigenvalue weighted by Gasteiger charge is 2.24. The predicted octanol–water partition coefficient (Wildman–Crippen LogP) is 0.0200. The number of hydrogen-bond donors (Lipinski definition) is 0. The van der Waals surface area contributed by atoms with Crippen molar-refractivity contribution in [3.8, 4) is 5.75 Å². The molecule has 0 N–H and O–H groups in total. The Kier molecular flexibility index (Phi) is 4.30. The Morgan fingerprint density at radius 3 is 2.77 bits per heavy atom. The number of carbonyl (C=O) groups excluding carboxylic acids is 1. The molecule has 0 radical (unpaired) electrons. The van der Waals surface area contributed by atoms with Crippen LogP contribution >= 0.6 is 0 Å². The van der Waals surface area contributed by atoms with Crippen LogP contribution in [0.5, 0.6) is 5.75 Å². The molecule has 1 aliphatic rings. The number of carbonyl (C=O) groups is 1. The summed E-state index contributed by atoms with van der Waals surface area (Å²) in [6.45, 7) is 2.27. The second-order valence-electron chi connectivity index (χ2n) is 5.88. The van der Waals surface area contributed by atoms with E-state index in [0.29, 0.717) is 38.3 Å². The first-order chi connectivity index (χ1) is 12.7. The fourth-order valence-corrected chi connectivity index (χ4v) is 2.92. The van der Waals surface area contributed by atoms with Crippen molar-refractivity contribution >= 4 is 5.91 Å². The van der Waals surface area contributed by atoms with Gasteiger partial charge in [0.15, 0.2) is 11.6 Å². The molecule has 10 nitrogen and oxygen atoms in total. The fourth-order valence-electron chi connectivity index (χ4n) is 2.92. The van der Waals surface area contributed by atoms with Gasteiger partial charge in [0.05, 0.1) is 19.5 Å². The van der Waals surface area contributed by atoms with Crippen molar-refractivity contribution in [2.24, 2.45) is 0 Å². The van der Waals surface area contributed by atoms with Crippen LogP contribution in [-0.2, 0) is 19.5 Å². The lowest BCUT2D eigenvalue weighted by atomic mass is 10.3. The van der Waals surface area contributed by atoms with Crippen LogP contribution in [-0.4, -0.2) is 65.5 Å². The molecule has 1 aliphatic heterocycles. The van der Waals surface area contributed by atoms with E-state index in [4.69, 9.17) is 4.74 Å². The Balaban J connectivity index is 1.47. The predicted molar refractivity (Wildman–Crippen MR) is 89.5 cm³/mol. The lowest BCUT2D eigenvalue weighted by molar-refractivity contribution is 0.0746. The number of amides is 1. The van der Waals surface area contributed by atoms with Crippen LogP contribution in [0.2, 0.25) is 0 Å². The first kappa shape index (κ1) is 16.2. The van der Waals surface area contributed by atoms with Crippen LogP contribution in [0.4, 0.5) is 0 Å². The maximum atomic E-state index is 12.7. The minimum absolute atomic E-state index is 0.167. The second-order valence-corrected chi connectivity index (χ2v) is 5.88. The molecule has 1 amide bonds. The molecule has 3 aromatic rings. The van der Waals surface area contributed by atoms with Crippen LogP contribution in [0.15, 0.2) is 30.9 Å².